The molecular weight excluding hydrogens is 520 g/mol. The smallest absolute Gasteiger partial charge is 0.0714 e. The molecule has 32 heavy (non-hydrogen) atoms. The van der Waals surface area contributed by atoms with E-state index in [1.165, 1.54) is 49.7 Å². The minimum absolute atomic E-state index is 0.377. The summed E-state index contributed by atoms with van der Waals surface area (Å²) >= 11 is 7.61. The van der Waals surface area contributed by atoms with Gasteiger partial charge in [-0.15, -0.1) is 0 Å². The predicted octanol–water partition coefficient (Wildman–Crippen LogP) is 8.86. The third-order valence-corrected chi connectivity index (χ3v) is 8.03. The Labute approximate surface area is 205 Å². The fraction of sp³-hybridized carbons (Fsp3) is 0.0667. The maximum atomic E-state index is 3.91. The molecule has 0 saturated carbocycles. The van der Waals surface area contributed by atoms with Gasteiger partial charge in [0.25, 0.3) is 0 Å². The largest absolute Gasteiger partial charge is 0.0876 e. The number of halogens is 2. The lowest BCUT2D eigenvalue weighted by Crippen LogP contribution is -2.28. The van der Waals surface area contributed by atoms with Gasteiger partial charge < -0.3 is 0 Å². The molecule has 5 aromatic rings. The topological polar surface area (TPSA) is 0 Å². The van der Waals surface area contributed by atoms with Gasteiger partial charge in [-0.05, 0) is 55.8 Å². The second-order valence-corrected chi connectivity index (χ2v) is 9.74. The van der Waals surface area contributed by atoms with Crippen molar-refractivity contribution in [2.45, 2.75) is 10.7 Å². The van der Waals surface area contributed by atoms with Gasteiger partial charge in [0.2, 0.25) is 0 Å². The molecule has 0 N–H and O–H groups in total. The Hall–Kier alpha value is -2.68. The van der Waals surface area contributed by atoms with Crippen molar-refractivity contribution >= 4 is 42.6 Å². The molecule has 1 aliphatic rings. The lowest BCUT2D eigenvalue weighted by molar-refractivity contribution is 0.767. The zero-order valence-electron chi connectivity index (χ0n) is 17.4. The second kappa shape index (κ2) is 7.72. The minimum Gasteiger partial charge on any atom is -0.0876 e. The van der Waals surface area contributed by atoms with Crippen LogP contribution in [0.1, 0.15) is 27.8 Å². The fourth-order valence-corrected chi connectivity index (χ4v) is 6.35. The summed E-state index contributed by atoms with van der Waals surface area (Å²) < 4.78 is 1.14. The van der Waals surface area contributed by atoms with E-state index in [1.807, 2.05) is 0 Å². The van der Waals surface area contributed by atoms with Crippen LogP contribution >= 0.6 is 31.9 Å². The molecule has 5 aromatic carbocycles. The molecule has 154 valence electrons. The average Bonchev–Trinajstić information content (AvgIpc) is 3.15. The van der Waals surface area contributed by atoms with E-state index < -0.39 is 0 Å². The van der Waals surface area contributed by atoms with Crippen molar-refractivity contribution in [2.24, 2.45) is 0 Å². The van der Waals surface area contributed by atoms with Gasteiger partial charge in [0.05, 0.1) is 5.41 Å². The molecule has 2 heteroatoms. The van der Waals surface area contributed by atoms with E-state index in [0.29, 0.717) is 0 Å². The first-order valence-corrected chi connectivity index (χ1v) is 12.7. The number of benzene rings is 5. The summed E-state index contributed by atoms with van der Waals surface area (Å²) in [4.78, 5) is 0. The molecule has 6 rings (SSSR count). The predicted molar refractivity (Wildman–Crippen MR) is 142 cm³/mol. The summed E-state index contributed by atoms with van der Waals surface area (Å²) in [5, 5.41) is 3.37. The van der Waals surface area contributed by atoms with Crippen LogP contribution in [0.25, 0.3) is 21.9 Å². The quantitative estimate of drug-likeness (QED) is 0.197. The molecule has 0 aliphatic heterocycles. The Balaban J connectivity index is 1.87. The van der Waals surface area contributed by atoms with Gasteiger partial charge in [-0.2, -0.15) is 0 Å². The first-order valence-electron chi connectivity index (χ1n) is 10.8. The maximum absolute atomic E-state index is 3.91. The van der Waals surface area contributed by atoms with E-state index in [-0.39, 0.29) is 5.41 Å². The zero-order chi connectivity index (χ0) is 21.7. The standard InChI is InChI=1S/C30H20Br2/c31-19-20-15-16-25-26(17-20)30(21-9-3-1-4-10-21,22-11-5-2-6-12-22)27-18-28(32)23-13-7-8-14-24(23)29(25)27/h1-18H,19H2. The number of hydrogen-bond acceptors (Lipinski definition) is 0. The van der Waals surface area contributed by atoms with E-state index in [4.69, 9.17) is 0 Å². The SMILES string of the molecule is BrCc1ccc2c(c1)C(c1ccccc1)(c1ccccc1)c1cc(Br)c3ccccc3c1-2. The van der Waals surface area contributed by atoms with Crippen LogP contribution in [0.4, 0.5) is 0 Å². The summed E-state index contributed by atoms with van der Waals surface area (Å²) in [6, 6.07) is 40.0. The Morgan fingerprint density at radius 1 is 0.594 bits per heavy atom. The van der Waals surface area contributed by atoms with Crippen molar-refractivity contribution in [3.8, 4) is 11.1 Å². The van der Waals surface area contributed by atoms with Gasteiger partial charge in [0, 0.05) is 9.80 Å². The summed E-state index contributed by atoms with van der Waals surface area (Å²) in [5.74, 6) is 0. The number of fused-ring (bicyclic) bond motifs is 5. The van der Waals surface area contributed by atoms with Crippen molar-refractivity contribution in [3.05, 3.63) is 141 Å². The lowest BCUT2D eigenvalue weighted by Gasteiger charge is -2.34. The highest BCUT2D eigenvalue weighted by Gasteiger charge is 2.47. The molecule has 0 heterocycles. The second-order valence-electron chi connectivity index (χ2n) is 8.32. The third-order valence-electron chi connectivity index (χ3n) is 6.72. The third kappa shape index (κ3) is 2.73. The van der Waals surface area contributed by atoms with Gasteiger partial charge in [-0.1, -0.05) is 135 Å². The molecule has 0 nitrogen and oxygen atoms in total. The molecule has 0 atom stereocenters. The van der Waals surface area contributed by atoms with Crippen LogP contribution in [-0.4, -0.2) is 0 Å². The zero-order valence-corrected chi connectivity index (χ0v) is 20.5. The summed E-state index contributed by atoms with van der Waals surface area (Å²) in [6.45, 7) is 0. The Morgan fingerprint density at radius 3 is 1.81 bits per heavy atom. The Morgan fingerprint density at radius 2 is 1.19 bits per heavy atom. The molecule has 1 aliphatic carbocycles. The van der Waals surface area contributed by atoms with Crippen LogP contribution in [0.5, 0.6) is 0 Å². The van der Waals surface area contributed by atoms with E-state index in [2.05, 4.69) is 141 Å². The van der Waals surface area contributed by atoms with E-state index >= 15 is 0 Å². The number of rotatable bonds is 3. The summed E-state index contributed by atoms with van der Waals surface area (Å²) in [7, 11) is 0. The highest BCUT2D eigenvalue weighted by atomic mass is 79.9. The maximum Gasteiger partial charge on any atom is 0.0714 e. The molecule has 0 fully saturated rings. The highest BCUT2D eigenvalue weighted by molar-refractivity contribution is 9.10. The summed E-state index contributed by atoms with van der Waals surface area (Å²) in [5.41, 5.74) is 8.84. The minimum atomic E-state index is -0.377. The number of hydrogen-bond donors (Lipinski definition) is 0. The molecule has 0 saturated heterocycles. The van der Waals surface area contributed by atoms with Crippen molar-refractivity contribution < 1.29 is 0 Å². The molecule has 0 bridgehead atoms. The molecule has 0 unspecified atom stereocenters. The first-order chi connectivity index (χ1) is 15.7. The van der Waals surface area contributed by atoms with Crippen molar-refractivity contribution in [1.82, 2.24) is 0 Å². The first kappa shape index (κ1) is 20.0. The fourth-order valence-electron chi connectivity index (χ4n) is 5.43. The Bertz CT molecular complexity index is 1410. The van der Waals surface area contributed by atoms with Gasteiger partial charge >= 0.3 is 0 Å². The van der Waals surface area contributed by atoms with Gasteiger partial charge in [-0.3, -0.25) is 0 Å². The Kier molecular flexibility index (Phi) is 4.82. The monoisotopic (exact) mass is 538 g/mol. The summed E-state index contributed by atoms with van der Waals surface area (Å²) in [6.07, 6.45) is 0. The van der Waals surface area contributed by atoms with E-state index in [9.17, 15) is 0 Å². The van der Waals surface area contributed by atoms with Crippen LogP contribution in [0, 0.1) is 0 Å². The lowest BCUT2D eigenvalue weighted by atomic mass is 9.67. The molecular formula is C30H20Br2. The van der Waals surface area contributed by atoms with Crippen LogP contribution < -0.4 is 0 Å². The highest BCUT2D eigenvalue weighted by Crippen LogP contribution is 2.58. The van der Waals surface area contributed by atoms with Crippen molar-refractivity contribution in [2.75, 3.05) is 0 Å². The molecule has 0 amide bonds. The van der Waals surface area contributed by atoms with Gasteiger partial charge in [0.15, 0.2) is 0 Å². The van der Waals surface area contributed by atoms with E-state index in [1.54, 1.807) is 0 Å². The van der Waals surface area contributed by atoms with Crippen LogP contribution in [0.15, 0.2) is 114 Å². The molecule has 0 aromatic heterocycles. The van der Waals surface area contributed by atoms with Crippen LogP contribution in [0.2, 0.25) is 0 Å². The van der Waals surface area contributed by atoms with Crippen molar-refractivity contribution in [1.29, 1.82) is 0 Å². The van der Waals surface area contributed by atoms with Crippen LogP contribution in [0.3, 0.4) is 0 Å². The van der Waals surface area contributed by atoms with Gasteiger partial charge in [0.1, 0.15) is 0 Å². The van der Waals surface area contributed by atoms with E-state index in [0.717, 1.165) is 9.80 Å². The number of alkyl halides is 1. The van der Waals surface area contributed by atoms with Crippen LogP contribution in [-0.2, 0) is 10.7 Å². The average molecular weight is 540 g/mol. The normalized spacial score (nSPS) is 13.7. The van der Waals surface area contributed by atoms with Crippen molar-refractivity contribution in [3.63, 3.8) is 0 Å². The molecule has 0 radical (unpaired) electrons. The van der Waals surface area contributed by atoms with Gasteiger partial charge in [-0.25, -0.2) is 0 Å². The molecule has 0 spiro atoms.